The van der Waals surface area contributed by atoms with E-state index >= 15 is 4.39 Å². The number of aromatic nitrogens is 3. The number of carboxylic acid groups (broad SMARTS) is 1. The van der Waals surface area contributed by atoms with E-state index in [1.54, 1.807) is 17.7 Å². The third-order valence-electron chi connectivity index (χ3n) is 6.33. The lowest BCUT2D eigenvalue weighted by Gasteiger charge is -2.26. The highest BCUT2D eigenvalue weighted by atomic mass is 19.1. The van der Waals surface area contributed by atoms with Crippen LogP contribution in [-0.4, -0.2) is 58.1 Å². The van der Waals surface area contributed by atoms with E-state index in [0.29, 0.717) is 12.1 Å². The molecule has 4 rings (SSSR count). The van der Waals surface area contributed by atoms with Gasteiger partial charge in [0.25, 0.3) is 5.91 Å². The van der Waals surface area contributed by atoms with Gasteiger partial charge in [-0.3, -0.25) is 9.48 Å². The first-order valence-electron chi connectivity index (χ1n) is 12.2. The predicted molar refractivity (Wildman–Crippen MR) is 149 cm³/mol. The van der Waals surface area contributed by atoms with Crippen LogP contribution in [0.15, 0.2) is 54.6 Å². The molecule has 0 fully saturated rings. The number of carbonyl (C=O) groups excluding carboxylic acids is 1. The van der Waals surface area contributed by atoms with Gasteiger partial charge in [0.2, 0.25) is 0 Å². The van der Waals surface area contributed by atoms with Crippen LogP contribution in [0.5, 0.6) is 0 Å². The molecule has 39 heavy (non-hydrogen) atoms. The Balaban J connectivity index is 1.70. The van der Waals surface area contributed by atoms with Crippen molar-refractivity contribution < 1.29 is 19.1 Å². The van der Waals surface area contributed by atoms with Crippen molar-refractivity contribution in [3.63, 3.8) is 0 Å². The maximum absolute atomic E-state index is 15.2. The highest BCUT2D eigenvalue weighted by Gasteiger charge is 2.24. The Kier molecular flexibility index (Phi) is 7.84. The fourth-order valence-electron chi connectivity index (χ4n) is 4.36. The van der Waals surface area contributed by atoms with E-state index in [1.807, 2.05) is 68.5 Å². The summed E-state index contributed by atoms with van der Waals surface area (Å²) >= 11 is 0. The minimum atomic E-state index is -1.20. The van der Waals surface area contributed by atoms with Crippen molar-refractivity contribution in [2.75, 3.05) is 29.6 Å². The molecule has 2 atom stereocenters. The van der Waals surface area contributed by atoms with Crippen LogP contribution in [-0.2, 0) is 13.5 Å². The Hall–Kier alpha value is -4.87. The molecule has 2 heterocycles. The van der Waals surface area contributed by atoms with Crippen LogP contribution in [0.25, 0.3) is 10.9 Å². The van der Waals surface area contributed by atoms with E-state index in [4.69, 9.17) is 5.73 Å². The average Bonchev–Trinajstić information content (AvgIpc) is 3.21. The van der Waals surface area contributed by atoms with E-state index in [-0.39, 0.29) is 17.2 Å². The van der Waals surface area contributed by atoms with Crippen molar-refractivity contribution in [3.8, 4) is 0 Å². The van der Waals surface area contributed by atoms with Gasteiger partial charge in [0, 0.05) is 38.3 Å². The van der Waals surface area contributed by atoms with E-state index < -0.39 is 29.9 Å². The topological polar surface area (TPSA) is 150 Å². The average molecular weight is 535 g/mol. The minimum Gasteiger partial charge on any atom is -0.465 e. The Morgan fingerprint density at radius 2 is 1.85 bits per heavy atom. The van der Waals surface area contributed by atoms with Gasteiger partial charge in [-0.1, -0.05) is 30.3 Å². The molecule has 0 saturated carbocycles. The van der Waals surface area contributed by atoms with E-state index in [1.165, 1.54) is 0 Å². The summed E-state index contributed by atoms with van der Waals surface area (Å²) in [6.45, 7) is 1.68. The van der Waals surface area contributed by atoms with Crippen LogP contribution in [0.2, 0.25) is 0 Å². The molecule has 0 aliphatic carbocycles. The molecule has 0 radical (unpaired) electrons. The second kappa shape index (κ2) is 11.3. The first kappa shape index (κ1) is 27.2. The number of hydrogen-bond donors (Lipinski definition) is 5. The van der Waals surface area contributed by atoms with Crippen molar-refractivity contribution in [1.82, 2.24) is 20.1 Å². The zero-order valence-corrected chi connectivity index (χ0v) is 22.1. The number of amides is 2. The number of carbonyl (C=O) groups is 2. The third kappa shape index (κ3) is 6.17. The molecule has 2 amide bonds. The molecule has 0 spiro atoms. The molecule has 11 nitrogen and oxygen atoms in total. The summed E-state index contributed by atoms with van der Waals surface area (Å²) < 4.78 is 17.0. The van der Waals surface area contributed by atoms with Gasteiger partial charge in [0.1, 0.15) is 5.82 Å². The monoisotopic (exact) mass is 534 g/mol. The molecule has 12 heteroatoms. The molecule has 0 aliphatic heterocycles. The number of rotatable bonds is 10. The molecule has 0 aliphatic rings. The number of primary amides is 1. The van der Waals surface area contributed by atoms with Crippen molar-refractivity contribution >= 4 is 46.0 Å². The summed E-state index contributed by atoms with van der Waals surface area (Å²) in [5.74, 6) is -0.997. The van der Waals surface area contributed by atoms with Crippen molar-refractivity contribution in [1.29, 1.82) is 0 Å². The lowest BCUT2D eigenvalue weighted by Crippen LogP contribution is -2.45. The fraction of sp³-hybridized carbons (Fsp3) is 0.259. The van der Waals surface area contributed by atoms with Crippen LogP contribution in [0, 0.1) is 5.82 Å². The first-order chi connectivity index (χ1) is 18.5. The van der Waals surface area contributed by atoms with Gasteiger partial charge in [0.05, 0.1) is 17.1 Å². The molecule has 6 N–H and O–H groups in total. The Morgan fingerprint density at radius 3 is 2.49 bits per heavy atom. The van der Waals surface area contributed by atoms with Gasteiger partial charge in [-0.2, -0.15) is 5.10 Å². The molecule has 204 valence electrons. The number of benzene rings is 2. The SMILES string of the molecule is C[C@H](NC(=O)O)[C@@H](Cc1ccccc1)Nc1nc(Nc2ccc3c(c2)c(N(C)C)nn3C)c(C(N)=O)cc1F. The Bertz CT molecular complexity index is 1510. The number of fused-ring (bicyclic) bond motifs is 1. The highest BCUT2D eigenvalue weighted by Crippen LogP contribution is 2.30. The van der Waals surface area contributed by atoms with Gasteiger partial charge in [-0.05, 0) is 43.2 Å². The smallest absolute Gasteiger partial charge is 0.404 e. The summed E-state index contributed by atoms with van der Waals surface area (Å²) in [6, 6.07) is 14.8. The standard InChI is InChI=1S/C27H31FN8O3/c1-15(30-27(38)39)21(12-16-8-6-5-7-9-16)32-25-20(28)14-19(23(29)37)24(33-25)31-17-10-11-22-18(13-17)26(35(2)3)34-36(22)4/h5-11,13-15,21,30H,12H2,1-4H3,(H2,29,37)(H,38,39)(H2,31,32,33)/t15-,21+/m0/s1. The van der Waals surface area contributed by atoms with Crippen molar-refractivity contribution in [3.05, 3.63) is 71.5 Å². The minimum absolute atomic E-state index is 0.0540. The molecular weight excluding hydrogens is 503 g/mol. The number of halogens is 1. The number of nitrogens with one attached hydrogen (secondary N) is 3. The Morgan fingerprint density at radius 1 is 1.13 bits per heavy atom. The first-order valence-corrected chi connectivity index (χ1v) is 12.2. The number of aryl methyl sites for hydroxylation is 1. The maximum atomic E-state index is 15.2. The summed E-state index contributed by atoms with van der Waals surface area (Å²) in [4.78, 5) is 29.8. The molecule has 2 aromatic heterocycles. The summed E-state index contributed by atoms with van der Waals surface area (Å²) in [6.07, 6.45) is -0.820. The van der Waals surface area contributed by atoms with Crippen LogP contribution in [0.3, 0.4) is 0 Å². The quantitative estimate of drug-likeness (QED) is 0.207. The van der Waals surface area contributed by atoms with E-state index in [2.05, 4.69) is 26.0 Å². The second-order valence-corrected chi connectivity index (χ2v) is 9.46. The maximum Gasteiger partial charge on any atom is 0.404 e. The van der Waals surface area contributed by atoms with Gasteiger partial charge >= 0.3 is 6.09 Å². The molecule has 0 bridgehead atoms. The summed E-state index contributed by atoms with van der Waals surface area (Å²) in [7, 11) is 5.62. The third-order valence-corrected chi connectivity index (χ3v) is 6.33. The summed E-state index contributed by atoms with van der Waals surface area (Å²) in [5, 5.41) is 23.2. The second-order valence-electron chi connectivity index (χ2n) is 9.46. The van der Waals surface area contributed by atoms with Crippen LogP contribution >= 0.6 is 0 Å². The lowest BCUT2D eigenvalue weighted by molar-refractivity contribution is 0.1000. The van der Waals surface area contributed by atoms with Gasteiger partial charge in [-0.25, -0.2) is 14.2 Å². The number of hydrogen-bond acceptors (Lipinski definition) is 7. The van der Waals surface area contributed by atoms with Crippen LogP contribution in [0.4, 0.5) is 32.3 Å². The molecule has 0 saturated heterocycles. The van der Waals surface area contributed by atoms with Gasteiger partial charge < -0.3 is 31.7 Å². The summed E-state index contributed by atoms with van der Waals surface area (Å²) in [5.41, 5.74) is 7.83. The van der Waals surface area contributed by atoms with Gasteiger partial charge in [-0.15, -0.1) is 0 Å². The normalized spacial score (nSPS) is 12.5. The number of nitrogens with zero attached hydrogens (tertiary/aromatic N) is 4. The van der Waals surface area contributed by atoms with Gasteiger partial charge in [0.15, 0.2) is 17.5 Å². The van der Waals surface area contributed by atoms with Crippen molar-refractivity contribution in [2.45, 2.75) is 25.4 Å². The largest absolute Gasteiger partial charge is 0.465 e. The van der Waals surface area contributed by atoms with E-state index in [9.17, 15) is 14.7 Å². The zero-order valence-electron chi connectivity index (χ0n) is 22.1. The number of nitrogens with two attached hydrogens (primary N) is 1. The molecule has 0 unspecified atom stereocenters. The highest BCUT2D eigenvalue weighted by molar-refractivity contribution is 5.99. The number of anilines is 4. The van der Waals surface area contributed by atoms with Crippen LogP contribution < -0.4 is 26.6 Å². The number of pyridine rings is 1. The zero-order chi connectivity index (χ0) is 28.3. The fourth-order valence-corrected chi connectivity index (χ4v) is 4.36. The van der Waals surface area contributed by atoms with Crippen LogP contribution in [0.1, 0.15) is 22.8 Å². The van der Waals surface area contributed by atoms with Crippen molar-refractivity contribution in [2.24, 2.45) is 12.8 Å². The Labute approximate surface area is 224 Å². The molecular formula is C27H31FN8O3. The molecule has 2 aromatic carbocycles. The molecule has 4 aromatic rings. The predicted octanol–water partition coefficient (Wildman–Crippen LogP) is 3.70. The lowest BCUT2D eigenvalue weighted by atomic mass is 10.0. The van der Waals surface area contributed by atoms with E-state index in [0.717, 1.165) is 28.4 Å².